The summed E-state index contributed by atoms with van der Waals surface area (Å²) in [5.74, 6) is -0.339. The normalized spacial score (nSPS) is 10.5. The quantitative estimate of drug-likeness (QED) is 0.788. The number of anilines is 2. The van der Waals surface area contributed by atoms with Gasteiger partial charge < -0.3 is 11.1 Å². The Hall–Kier alpha value is -0.770. The minimum absolute atomic E-state index is 0.158. The van der Waals surface area contributed by atoms with Crippen LogP contribution in [0.3, 0.4) is 0 Å². The Balaban J connectivity index is 3.10. The smallest absolute Gasteiger partial charge is 0.162 e. The summed E-state index contributed by atoms with van der Waals surface area (Å²) in [7, 11) is 0. The first-order chi connectivity index (χ1) is 6.02. The van der Waals surface area contributed by atoms with Crippen LogP contribution in [0.1, 0.15) is 13.8 Å². The van der Waals surface area contributed by atoms with Gasteiger partial charge in [0.05, 0.1) is 15.8 Å². The highest BCUT2D eigenvalue weighted by molar-refractivity contribution is 9.10. The van der Waals surface area contributed by atoms with Crippen LogP contribution in [-0.4, -0.2) is 6.04 Å². The average Bonchev–Trinajstić information content (AvgIpc) is 2.05. The lowest BCUT2D eigenvalue weighted by molar-refractivity contribution is 0.622. The molecule has 1 aromatic carbocycles. The molecule has 0 aliphatic heterocycles. The van der Waals surface area contributed by atoms with Crippen molar-refractivity contribution in [3.8, 4) is 0 Å². The predicted molar refractivity (Wildman–Crippen MR) is 57.3 cm³/mol. The first kappa shape index (κ1) is 10.3. The number of rotatable bonds is 2. The molecule has 0 atom stereocenters. The summed E-state index contributed by atoms with van der Waals surface area (Å²) in [5, 5.41) is 2.95. The first-order valence-electron chi connectivity index (χ1n) is 4.02. The minimum Gasteiger partial charge on any atom is -0.397 e. The molecule has 0 saturated heterocycles. The van der Waals surface area contributed by atoms with Gasteiger partial charge in [-0.05, 0) is 41.9 Å². The molecule has 3 N–H and O–H groups in total. The number of hydrogen-bond donors (Lipinski definition) is 2. The van der Waals surface area contributed by atoms with Crippen molar-refractivity contribution in [3.63, 3.8) is 0 Å². The van der Waals surface area contributed by atoms with Crippen LogP contribution in [-0.2, 0) is 0 Å². The van der Waals surface area contributed by atoms with E-state index in [1.165, 1.54) is 0 Å². The molecule has 4 heteroatoms. The second kappa shape index (κ2) is 3.96. The Morgan fingerprint density at radius 2 is 2.08 bits per heavy atom. The molecule has 2 nitrogen and oxygen atoms in total. The second-order valence-corrected chi connectivity index (χ2v) is 3.98. The molecule has 0 aromatic heterocycles. The number of hydrogen-bond acceptors (Lipinski definition) is 2. The van der Waals surface area contributed by atoms with Crippen LogP contribution in [0.4, 0.5) is 15.8 Å². The summed E-state index contributed by atoms with van der Waals surface area (Å²) in [6.07, 6.45) is 0. The van der Waals surface area contributed by atoms with Gasteiger partial charge in [0.2, 0.25) is 0 Å². The number of benzene rings is 1. The summed E-state index contributed by atoms with van der Waals surface area (Å²) >= 11 is 3.10. The van der Waals surface area contributed by atoms with Crippen molar-refractivity contribution in [1.82, 2.24) is 0 Å². The van der Waals surface area contributed by atoms with E-state index in [4.69, 9.17) is 5.73 Å². The van der Waals surface area contributed by atoms with E-state index in [0.29, 0.717) is 15.8 Å². The molecule has 0 saturated carbocycles. The molecule has 72 valence electrons. The Labute approximate surface area is 85.4 Å². The van der Waals surface area contributed by atoms with Gasteiger partial charge in [0.1, 0.15) is 0 Å². The zero-order chi connectivity index (χ0) is 10.0. The molecular formula is C9H12BrFN2. The van der Waals surface area contributed by atoms with E-state index >= 15 is 0 Å². The lowest BCUT2D eigenvalue weighted by Crippen LogP contribution is -2.13. The van der Waals surface area contributed by atoms with Crippen LogP contribution >= 0.6 is 15.9 Å². The maximum atomic E-state index is 13.4. The summed E-state index contributed by atoms with van der Waals surface area (Å²) in [4.78, 5) is 0. The summed E-state index contributed by atoms with van der Waals surface area (Å²) < 4.78 is 13.9. The molecule has 0 radical (unpaired) electrons. The fraction of sp³-hybridized carbons (Fsp3) is 0.333. The monoisotopic (exact) mass is 246 g/mol. The third-order valence-corrected chi connectivity index (χ3v) is 2.17. The highest BCUT2D eigenvalue weighted by atomic mass is 79.9. The van der Waals surface area contributed by atoms with Gasteiger partial charge in [-0.1, -0.05) is 0 Å². The van der Waals surface area contributed by atoms with Gasteiger partial charge in [-0.3, -0.25) is 0 Å². The van der Waals surface area contributed by atoms with Crippen LogP contribution in [0.25, 0.3) is 0 Å². The predicted octanol–water partition coefficient (Wildman–Crippen LogP) is 2.99. The molecule has 0 aliphatic rings. The lowest BCUT2D eigenvalue weighted by atomic mass is 10.2. The standard InChI is InChI=1S/C9H12BrFN2/c1-5(2)13-9-7(12)4-3-6(10)8(9)11/h3-5,13H,12H2,1-2H3. The minimum atomic E-state index is -0.339. The topological polar surface area (TPSA) is 38.0 Å². The molecule has 0 bridgehead atoms. The van der Waals surface area contributed by atoms with E-state index in [0.717, 1.165) is 0 Å². The Bertz CT molecular complexity index is 313. The Kier molecular flexibility index (Phi) is 3.14. The van der Waals surface area contributed by atoms with Crippen LogP contribution < -0.4 is 11.1 Å². The third kappa shape index (κ3) is 2.34. The van der Waals surface area contributed by atoms with E-state index in [2.05, 4.69) is 21.2 Å². The van der Waals surface area contributed by atoms with Crippen LogP contribution in [0, 0.1) is 5.82 Å². The fourth-order valence-electron chi connectivity index (χ4n) is 1.00. The van der Waals surface area contributed by atoms with Crippen LogP contribution in [0.2, 0.25) is 0 Å². The van der Waals surface area contributed by atoms with Gasteiger partial charge in [0.15, 0.2) is 5.82 Å². The molecule has 1 aromatic rings. The molecule has 1 rings (SSSR count). The SMILES string of the molecule is CC(C)Nc1c(N)ccc(Br)c1F. The van der Waals surface area contributed by atoms with E-state index in [1.54, 1.807) is 12.1 Å². The zero-order valence-corrected chi connectivity index (χ0v) is 9.15. The van der Waals surface area contributed by atoms with Gasteiger partial charge in [0.25, 0.3) is 0 Å². The van der Waals surface area contributed by atoms with Crippen molar-refractivity contribution in [2.75, 3.05) is 11.1 Å². The van der Waals surface area contributed by atoms with Crippen LogP contribution in [0.5, 0.6) is 0 Å². The molecule has 0 heterocycles. The highest BCUT2D eigenvalue weighted by Crippen LogP contribution is 2.28. The summed E-state index contributed by atoms with van der Waals surface area (Å²) in [6.45, 7) is 3.86. The van der Waals surface area contributed by atoms with Crippen molar-refractivity contribution in [2.24, 2.45) is 0 Å². The number of nitrogens with one attached hydrogen (secondary N) is 1. The lowest BCUT2D eigenvalue weighted by Gasteiger charge is -2.13. The molecule has 0 amide bonds. The van der Waals surface area contributed by atoms with E-state index in [-0.39, 0.29) is 11.9 Å². The third-order valence-electron chi connectivity index (χ3n) is 1.56. The Morgan fingerprint density at radius 3 is 2.62 bits per heavy atom. The maximum Gasteiger partial charge on any atom is 0.162 e. The molecule has 0 aliphatic carbocycles. The van der Waals surface area contributed by atoms with Gasteiger partial charge in [-0.25, -0.2) is 4.39 Å². The largest absolute Gasteiger partial charge is 0.397 e. The highest BCUT2D eigenvalue weighted by Gasteiger charge is 2.10. The molecule has 13 heavy (non-hydrogen) atoms. The number of halogens is 2. The molecule has 0 fully saturated rings. The van der Waals surface area contributed by atoms with Crippen molar-refractivity contribution in [1.29, 1.82) is 0 Å². The maximum absolute atomic E-state index is 13.4. The molecular weight excluding hydrogens is 235 g/mol. The first-order valence-corrected chi connectivity index (χ1v) is 4.81. The van der Waals surface area contributed by atoms with Crippen molar-refractivity contribution >= 4 is 27.3 Å². The van der Waals surface area contributed by atoms with Gasteiger partial charge >= 0.3 is 0 Å². The zero-order valence-electron chi connectivity index (χ0n) is 7.57. The van der Waals surface area contributed by atoms with E-state index in [1.807, 2.05) is 13.8 Å². The summed E-state index contributed by atoms with van der Waals surface area (Å²) in [5.41, 5.74) is 6.41. The van der Waals surface area contributed by atoms with Gasteiger partial charge in [0, 0.05) is 6.04 Å². The summed E-state index contributed by atoms with van der Waals surface area (Å²) in [6, 6.07) is 3.42. The Morgan fingerprint density at radius 1 is 1.46 bits per heavy atom. The fourth-order valence-corrected chi connectivity index (χ4v) is 1.33. The van der Waals surface area contributed by atoms with Gasteiger partial charge in [-0.15, -0.1) is 0 Å². The van der Waals surface area contributed by atoms with Gasteiger partial charge in [-0.2, -0.15) is 0 Å². The number of nitrogens with two attached hydrogens (primary N) is 1. The van der Waals surface area contributed by atoms with E-state index in [9.17, 15) is 4.39 Å². The van der Waals surface area contributed by atoms with E-state index < -0.39 is 0 Å². The van der Waals surface area contributed by atoms with Crippen molar-refractivity contribution < 1.29 is 4.39 Å². The van der Waals surface area contributed by atoms with Crippen LogP contribution in [0.15, 0.2) is 16.6 Å². The molecule has 0 unspecified atom stereocenters. The second-order valence-electron chi connectivity index (χ2n) is 3.12. The number of nitrogen functional groups attached to an aromatic ring is 1. The average molecular weight is 247 g/mol. The van der Waals surface area contributed by atoms with Crippen molar-refractivity contribution in [3.05, 3.63) is 22.4 Å². The molecule has 0 spiro atoms. The van der Waals surface area contributed by atoms with Crippen molar-refractivity contribution in [2.45, 2.75) is 19.9 Å².